The molecule has 3 heteroatoms. The van der Waals surface area contributed by atoms with Crippen LogP contribution in [-0.2, 0) is 4.79 Å². The molecule has 1 aliphatic rings. The Balaban J connectivity index is 2.39. The minimum Gasteiger partial charge on any atom is -0.481 e. The predicted molar refractivity (Wildman–Crippen MR) is 42.4 cm³/mol. The summed E-state index contributed by atoms with van der Waals surface area (Å²) in [6, 6.07) is 0.421. The van der Waals surface area contributed by atoms with Gasteiger partial charge in [-0.2, -0.15) is 0 Å². The van der Waals surface area contributed by atoms with Crippen LogP contribution in [0.2, 0.25) is 0 Å². The molecular weight excluding hydrogens is 142 g/mol. The van der Waals surface area contributed by atoms with Gasteiger partial charge in [0.1, 0.15) is 0 Å². The second kappa shape index (κ2) is 3.72. The molecule has 1 aliphatic carbocycles. The summed E-state index contributed by atoms with van der Waals surface area (Å²) >= 11 is 0. The molecule has 64 valence electrons. The minimum atomic E-state index is -0.634. The van der Waals surface area contributed by atoms with Crippen LogP contribution in [0.1, 0.15) is 25.7 Å². The fraction of sp³-hybridized carbons (Fsp3) is 0.875. The van der Waals surface area contributed by atoms with E-state index >= 15 is 0 Å². The molecule has 1 saturated carbocycles. The van der Waals surface area contributed by atoms with Crippen molar-refractivity contribution in [2.45, 2.75) is 31.7 Å². The Labute approximate surface area is 66.8 Å². The lowest BCUT2D eigenvalue weighted by atomic mass is 9.86. The molecule has 2 unspecified atom stereocenters. The number of hydrogen-bond acceptors (Lipinski definition) is 2. The van der Waals surface area contributed by atoms with Crippen LogP contribution >= 0.6 is 0 Å². The number of aliphatic carboxylic acids is 1. The highest BCUT2D eigenvalue weighted by Gasteiger charge is 2.25. The summed E-state index contributed by atoms with van der Waals surface area (Å²) in [5.74, 6) is -0.744. The normalized spacial score (nSPS) is 31.7. The summed E-state index contributed by atoms with van der Waals surface area (Å²) in [4.78, 5) is 10.6. The van der Waals surface area contributed by atoms with Crippen molar-refractivity contribution >= 4 is 5.97 Å². The molecule has 2 N–H and O–H groups in total. The Morgan fingerprint density at radius 2 is 2.27 bits per heavy atom. The first-order valence-electron chi connectivity index (χ1n) is 4.14. The molecule has 3 nitrogen and oxygen atoms in total. The van der Waals surface area contributed by atoms with E-state index in [0.717, 1.165) is 25.7 Å². The topological polar surface area (TPSA) is 49.3 Å². The summed E-state index contributed by atoms with van der Waals surface area (Å²) in [7, 11) is 1.90. The van der Waals surface area contributed by atoms with Crippen molar-refractivity contribution in [3.63, 3.8) is 0 Å². The fourth-order valence-corrected chi connectivity index (χ4v) is 1.68. The van der Waals surface area contributed by atoms with E-state index < -0.39 is 5.97 Å². The molecule has 2 atom stereocenters. The van der Waals surface area contributed by atoms with Crippen LogP contribution in [0.25, 0.3) is 0 Å². The molecule has 0 radical (unpaired) electrons. The Hall–Kier alpha value is -0.570. The van der Waals surface area contributed by atoms with E-state index in [-0.39, 0.29) is 5.92 Å². The molecule has 0 aromatic heterocycles. The molecular formula is C8H15NO2. The molecule has 0 aliphatic heterocycles. The molecule has 0 spiro atoms. The zero-order valence-electron chi connectivity index (χ0n) is 6.84. The van der Waals surface area contributed by atoms with Gasteiger partial charge in [-0.1, -0.05) is 6.42 Å². The summed E-state index contributed by atoms with van der Waals surface area (Å²) in [5, 5.41) is 11.8. The van der Waals surface area contributed by atoms with Gasteiger partial charge in [0.2, 0.25) is 0 Å². The molecule has 1 fully saturated rings. The molecule has 0 aromatic rings. The van der Waals surface area contributed by atoms with Gasteiger partial charge in [0.05, 0.1) is 5.92 Å². The van der Waals surface area contributed by atoms with E-state index in [4.69, 9.17) is 5.11 Å². The van der Waals surface area contributed by atoms with E-state index in [1.807, 2.05) is 7.05 Å². The lowest BCUT2D eigenvalue weighted by Gasteiger charge is -2.25. The number of nitrogens with one attached hydrogen (secondary N) is 1. The predicted octanol–water partition coefficient (Wildman–Crippen LogP) is 0.849. The van der Waals surface area contributed by atoms with Gasteiger partial charge in [0.25, 0.3) is 0 Å². The maximum absolute atomic E-state index is 10.6. The average Bonchev–Trinajstić information content (AvgIpc) is 2.05. The van der Waals surface area contributed by atoms with E-state index in [9.17, 15) is 4.79 Å². The van der Waals surface area contributed by atoms with Crippen molar-refractivity contribution < 1.29 is 9.90 Å². The summed E-state index contributed by atoms with van der Waals surface area (Å²) in [6.45, 7) is 0. The third-order valence-corrected chi connectivity index (χ3v) is 2.43. The van der Waals surface area contributed by atoms with Crippen molar-refractivity contribution in [1.29, 1.82) is 0 Å². The Morgan fingerprint density at radius 3 is 2.82 bits per heavy atom. The van der Waals surface area contributed by atoms with Gasteiger partial charge in [-0.25, -0.2) is 0 Å². The molecule has 1 rings (SSSR count). The lowest BCUT2D eigenvalue weighted by Crippen LogP contribution is -2.34. The first kappa shape index (κ1) is 8.53. The number of hydrogen-bond donors (Lipinski definition) is 2. The van der Waals surface area contributed by atoms with Crippen LogP contribution in [0.5, 0.6) is 0 Å². The molecule has 0 heterocycles. The fourth-order valence-electron chi connectivity index (χ4n) is 1.68. The number of carboxylic acids is 1. The molecule has 0 saturated heterocycles. The second-order valence-corrected chi connectivity index (χ2v) is 3.19. The number of carbonyl (C=O) groups is 1. The number of rotatable bonds is 2. The first-order chi connectivity index (χ1) is 5.24. The van der Waals surface area contributed by atoms with Gasteiger partial charge < -0.3 is 10.4 Å². The van der Waals surface area contributed by atoms with Gasteiger partial charge in [-0.05, 0) is 26.3 Å². The Morgan fingerprint density at radius 1 is 1.55 bits per heavy atom. The monoisotopic (exact) mass is 157 g/mol. The minimum absolute atomic E-state index is 0.110. The van der Waals surface area contributed by atoms with Gasteiger partial charge >= 0.3 is 5.97 Å². The van der Waals surface area contributed by atoms with Gasteiger partial charge in [0, 0.05) is 6.04 Å². The van der Waals surface area contributed by atoms with Crippen LogP contribution in [0.15, 0.2) is 0 Å². The molecule has 0 aromatic carbocycles. The average molecular weight is 157 g/mol. The Kier molecular flexibility index (Phi) is 2.88. The van der Waals surface area contributed by atoms with Gasteiger partial charge in [-0.3, -0.25) is 4.79 Å². The van der Waals surface area contributed by atoms with Gasteiger partial charge in [-0.15, -0.1) is 0 Å². The van der Waals surface area contributed by atoms with Crippen LogP contribution in [0.3, 0.4) is 0 Å². The SMILES string of the molecule is CNC1CCCC(C(=O)O)C1. The highest BCUT2D eigenvalue weighted by atomic mass is 16.4. The lowest BCUT2D eigenvalue weighted by molar-refractivity contribution is -0.143. The third kappa shape index (κ3) is 2.19. The van der Waals surface area contributed by atoms with Crippen LogP contribution in [0.4, 0.5) is 0 Å². The molecule has 0 bridgehead atoms. The van der Waals surface area contributed by atoms with Crippen LogP contribution < -0.4 is 5.32 Å². The molecule has 11 heavy (non-hydrogen) atoms. The summed E-state index contributed by atoms with van der Waals surface area (Å²) in [6.07, 6.45) is 3.82. The van der Waals surface area contributed by atoms with Crippen molar-refractivity contribution in [1.82, 2.24) is 5.32 Å². The summed E-state index contributed by atoms with van der Waals surface area (Å²) in [5.41, 5.74) is 0. The largest absolute Gasteiger partial charge is 0.481 e. The zero-order chi connectivity index (χ0) is 8.27. The maximum atomic E-state index is 10.6. The van der Waals surface area contributed by atoms with Crippen molar-refractivity contribution in [2.75, 3.05) is 7.05 Å². The van der Waals surface area contributed by atoms with Crippen molar-refractivity contribution in [3.8, 4) is 0 Å². The smallest absolute Gasteiger partial charge is 0.306 e. The second-order valence-electron chi connectivity index (χ2n) is 3.19. The van der Waals surface area contributed by atoms with Gasteiger partial charge in [0.15, 0.2) is 0 Å². The van der Waals surface area contributed by atoms with Crippen molar-refractivity contribution in [2.24, 2.45) is 5.92 Å². The maximum Gasteiger partial charge on any atom is 0.306 e. The van der Waals surface area contributed by atoms with Crippen molar-refractivity contribution in [3.05, 3.63) is 0 Å². The Bertz CT molecular complexity index is 147. The molecule has 0 amide bonds. The zero-order valence-corrected chi connectivity index (χ0v) is 6.84. The summed E-state index contributed by atoms with van der Waals surface area (Å²) < 4.78 is 0. The number of carboxylic acid groups (broad SMARTS) is 1. The van der Waals surface area contributed by atoms with Crippen LogP contribution in [0, 0.1) is 5.92 Å². The highest BCUT2D eigenvalue weighted by molar-refractivity contribution is 5.70. The quantitative estimate of drug-likeness (QED) is 0.624. The van der Waals surface area contributed by atoms with E-state index in [1.165, 1.54) is 0 Å². The van der Waals surface area contributed by atoms with E-state index in [1.54, 1.807) is 0 Å². The highest BCUT2D eigenvalue weighted by Crippen LogP contribution is 2.23. The third-order valence-electron chi connectivity index (χ3n) is 2.43. The van der Waals surface area contributed by atoms with E-state index in [2.05, 4.69) is 5.32 Å². The van der Waals surface area contributed by atoms with E-state index in [0.29, 0.717) is 6.04 Å². The standard InChI is InChI=1S/C8H15NO2/c1-9-7-4-2-3-6(5-7)8(10)11/h6-7,9H,2-5H2,1H3,(H,10,11). The first-order valence-corrected chi connectivity index (χ1v) is 4.14. The van der Waals surface area contributed by atoms with Crippen LogP contribution in [-0.4, -0.2) is 24.2 Å².